The van der Waals surface area contributed by atoms with Crippen LogP contribution >= 0.6 is 11.6 Å². The molecule has 4 aliphatic carbocycles. The predicted octanol–water partition coefficient (Wildman–Crippen LogP) is 5.53. The van der Waals surface area contributed by atoms with Crippen LogP contribution in [0.25, 0.3) is 5.57 Å². The van der Waals surface area contributed by atoms with Crippen LogP contribution in [0.15, 0.2) is 47.0 Å². The van der Waals surface area contributed by atoms with E-state index in [-0.39, 0.29) is 47.1 Å². The molecule has 1 N–H and O–H groups in total. The maximum absolute atomic E-state index is 17.7. The third kappa shape index (κ3) is 2.91. The van der Waals surface area contributed by atoms with Crippen LogP contribution in [0.3, 0.4) is 0 Å². The Labute approximate surface area is 209 Å². The van der Waals surface area contributed by atoms with Gasteiger partial charge in [-0.2, -0.15) is 0 Å². The van der Waals surface area contributed by atoms with Crippen LogP contribution in [0.5, 0.6) is 0 Å². The minimum atomic E-state index is -2.20. The van der Waals surface area contributed by atoms with Crippen molar-refractivity contribution in [3.63, 3.8) is 0 Å². The van der Waals surface area contributed by atoms with Crippen molar-refractivity contribution in [2.75, 3.05) is 0 Å². The van der Waals surface area contributed by atoms with Crippen molar-refractivity contribution in [2.45, 2.75) is 82.9 Å². The zero-order chi connectivity index (χ0) is 25.1. The molecule has 0 bridgehead atoms. The Hall–Kier alpha value is -1.60. The van der Waals surface area contributed by atoms with Crippen molar-refractivity contribution in [1.29, 1.82) is 0 Å². The molecule has 0 spiro atoms. The van der Waals surface area contributed by atoms with E-state index in [2.05, 4.69) is 0 Å². The first-order valence-electron chi connectivity index (χ1n) is 12.4. The lowest BCUT2D eigenvalue weighted by molar-refractivity contribution is -0.229. The van der Waals surface area contributed by atoms with Gasteiger partial charge in [-0.25, -0.2) is 8.78 Å². The van der Waals surface area contributed by atoms with Gasteiger partial charge in [0.15, 0.2) is 11.5 Å². The van der Waals surface area contributed by atoms with Crippen LogP contribution in [0, 0.1) is 22.7 Å². The SMILES string of the molecule is CC1(C)O[C@@H]2[C@@H](C[C@H]3[C@@H]4C[C@H](F)C5=C(Cl)C(=O)C(c6ccccc6)=C[C@]5(C)[C@@]4(F)[C@@H](O)C[C@]23C)O1. The van der Waals surface area contributed by atoms with Crippen LogP contribution in [0.4, 0.5) is 8.78 Å². The average molecular weight is 505 g/mol. The molecule has 1 aromatic carbocycles. The Morgan fingerprint density at radius 3 is 2.43 bits per heavy atom. The fourth-order valence-corrected chi connectivity index (χ4v) is 8.63. The van der Waals surface area contributed by atoms with Gasteiger partial charge in [0.25, 0.3) is 0 Å². The summed E-state index contributed by atoms with van der Waals surface area (Å²) in [5.41, 5.74) is -3.56. The van der Waals surface area contributed by atoms with Crippen LogP contribution in [0.1, 0.15) is 52.5 Å². The number of hydrogen-bond acceptors (Lipinski definition) is 4. The third-order valence-electron chi connectivity index (χ3n) is 9.64. The van der Waals surface area contributed by atoms with Crippen molar-refractivity contribution in [3.05, 3.63) is 52.6 Å². The molecule has 0 radical (unpaired) electrons. The number of carbonyl (C=O) groups is 1. The molecule has 0 unspecified atom stereocenters. The van der Waals surface area contributed by atoms with Gasteiger partial charge < -0.3 is 14.6 Å². The summed E-state index contributed by atoms with van der Waals surface area (Å²) in [6.07, 6.45) is -1.42. The topological polar surface area (TPSA) is 55.8 Å². The van der Waals surface area contributed by atoms with E-state index in [9.17, 15) is 9.90 Å². The van der Waals surface area contributed by atoms with Crippen molar-refractivity contribution in [1.82, 2.24) is 0 Å². The molecule has 0 aromatic heterocycles. The second kappa shape index (κ2) is 7.25. The minimum Gasteiger partial charge on any atom is -0.390 e. The van der Waals surface area contributed by atoms with Crippen molar-refractivity contribution < 1.29 is 28.2 Å². The molecule has 0 amide bonds. The molecule has 188 valence electrons. The van der Waals surface area contributed by atoms with Crippen molar-refractivity contribution in [3.8, 4) is 0 Å². The monoisotopic (exact) mass is 504 g/mol. The lowest BCUT2D eigenvalue weighted by Gasteiger charge is -2.62. The zero-order valence-corrected chi connectivity index (χ0v) is 21.1. The number of allylic oxidation sites excluding steroid dienone is 4. The molecule has 3 saturated carbocycles. The molecule has 9 atom stereocenters. The summed E-state index contributed by atoms with van der Waals surface area (Å²) in [6, 6.07) is 8.89. The number of fused-ring (bicyclic) bond motifs is 7. The predicted molar refractivity (Wildman–Crippen MR) is 128 cm³/mol. The van der Waals surface area contributed by atoms with E-state index in [0.717, 1.165) is 0 Å². The molecule has 1 aromatic rings. The lowest BCUT2D eigenvalue weighted by Crippen LogP contribution is -2.68. The summed E-state index contributed by atoms with van der Waals surface area (Å²) < 4.78 is 46.0. The maximum atomic E-state index is 17.7. The quantitative estimate of drug-likeness (QED) is 0.546. The molecule has 7 heteroatoms. The number of carbonyl (C=O) groups excluding carboxylic acids is 1. The van der Waals surface area contributed by atoms with Crippen molar-refractivity contribution >= 4 is 23.0 Å². The number of Topliss-reactive ketones (excluding diaryl/α,β-unsaturated/α-hetero) is 1. The molecular weight excluding hydrogens is 474 g/mol. The van der Waals surface area contributed by atoms with Gasteiger partial charge in [-0.1, -0.05) is 54.9 Å². The molecule has 5 aliphatic rings. The smallest absolute Gasteiger partial charge is 0.204 e. The number of benzene rings is 1. The number of ketones is 1. The fraction of sp³-hybridized carbons (Fsp3) is 0.607. The highest BCUT2D eigenvalue weighted by Crippen LogP contribution is 2.70. The molecule has 35 heavy (non-hydrogen) atoms. The average Bonchev–Trinajstić information content (AvgIpc) is 3.24. The number of halogens is 3. The summed E-state index contributed by atoms with van der Waals surface area (Å²) in [4.78, 5) is 13.2. The number of aliphatic hydroxyl groups is 1. The highest BCUT2D eigenvalue weighted by Gasteiger charge is 2.75. The van der Waals surface area contributed by atoms with E-state index in [1.54, 1.807) is 31.2 Å². The second-order valence-corrected chi connectivity index (χ2v) is 12.3. The van der Waals surface area contributed by atoms with Gasteiger partial charge in [-0.05, 0) is 57.1 Å². The molecule has 6 rings (SSSR count). The summed E-state index contributed by atoms with van der Waals surface area (Å²) in [5.74, 6) is -2.29. The molecule has 1 saturated heterocycles. The largest absolute Gasteiger partial charge is 0.390 e. The van der Waals surface area contributed by atoms with Gasteiger partial charge in [0.1, 0.15) is 6.17 Å². The van der Waals surface area contributed by atoms with Gasteiger partial charge in [-0.15, -0.1) is 0 Å². The number of hydrogen-bond donors (Lipinski definition) is 1. The first-order chi connectivity index (χ1) is 16.3. The van der Waals surface area contributed by atoms with Gasteiger partial charge in [0.05, 0.1) is 23.3 Å². The van der Waals surface area contributed by atoms with Crippen LogP contribution in [-0.4, -0.2) is 46.8 Å². The van der Waals surface area contributed by atoms with Gasteiger partial charge in [-0.3, -0.25) is 4.79 Å². The summed E-state index contributed by atoms with van der Waals surface area (Å²) in [7, 11) is 0. The third-order valence-corrected chi connectivity index (χ3v) is 10.0. The Bertz CT molecular complexity index is 1160. The fourth-order valence-electron chi connectivity index (χ4n) is 8.21. The molecule has 1 aliphatic heterocycles. The van der Waals surface area contributed by atoms with Crippen LogP contribution in [-0.2, 0) is 14.3 Å². The van der Waals surface area contributed by atoms with E-state index in [1.807, 2.05) is 26.8 Å². The summed E-state index contributed by atoms with van der Waals surface area (Å²) in [6.45, 7) is 7.32. The number of rotatable bonds is 1. The molecular formula is C28H31ClF2O4. The lowest BCUT2D eigenvalue weighted by atomic mass is 9.45. The number of alkyl halides is 2. The first-order valence-corrected chi connectivity index (χ1v) is 12.8. The Morgan fingerprint density at radius 2 is 1.74 bits per heavy atom. The molecule has 4 fully saturated rings. The van der Waals surface area contributed by atoms with Crippen LogP contribution in [0.2, 0.25) is 0 Å². The highest BCUT2D eigenvalue weighted by atomic mass is 35.5. The summed E-state index contributed by atoms with van der Waals surface area (Å²) in [5, 5.41) is 11.3. The van der Waals surface area contributed by atoms with Gasteiger partial charge >= 0.3 is 0 Å². The van der Waals surface area contributed by atoms with Crippen molar-refractivity contribution in [2.24, 2.45) is 22.7 Å². The van der Waals surface area contributed by atoms with E-state index in [1.165, 1.54) is 6.08 Å². The first kappa shape index (κ1) is 23.8. The Kier molecular flexibility index (Phi) is 4.92. The second-order valence-electron chi connectivity index (χ2n) is 11.9. The van der Waals surface area contributed by atoms with E-state index in [4.69, 9.17) is 21.1 Å². The number of aliphatic hydroxyl groups excluding tert-OH is 1. The highest BCUT2D eigenvalue weighted by molar-refractivity contribution is 6.51. The Morgan fingerprint density at radius 1 is 1.06 bits per heavy atom. The normalized spacial score (nSPS) is 48.1. The summed E-state index contributed by atoms with van der Waals surface area (Å²) >= 11 is 6.52. The van der Waals surface area contributed by atoms with Gasteiger partial charge in [0, 0.05) is 22.3 Å². The van der Waals surface area contributed by atoms with E-state index < -0.39 is 46.3 Å². The molecule has 1 heterocycles. The molecule has 4 nitrogen and oxygen atoms in total. The zero-order valence-electron chi connectivity index (χ0n) is 20.4. The Balaban J connectivity index is 1.49. The van der Waals surface area contributed by atoms with Gasteiger partial charge in [0.2, 0.25) is 5.78 Å². The number of ether oxygens (including phenoxy) is 2. The van der Waals surface area contributed by atoms with E-state index in [0.29, 0.717) is 12.0 Å². The van der Waals surface area contributed by atoms with Crippen LogP contribution < -0.4 is 0 Å². The maximum Gasteiger partial charge on any atom is 0.204 e. The minimum absolute atomic E-state index is 0.0444. The van der Waals surface area contributed by atoms with E-state index >= 15 is 8.78 Å². The standard InChI is InChI=1S/C28H31ClF2O4/c1-25(2)34-19-11-16-17-10-18(30)21-22(29)23(33)15(14-8-6-5-7-9-14)12-27(21,4)28(17,31)20(32)13-26(16,3)24(19)35-25/h5-9,12,16-20,24,32H,10-11,13H2,1-4H3/t16-,17-,18-,19+,20-,24+,26-,27-,28-/m0/s1.